The van der Waals surface area contributed by atoms with Gasteiger partial charge in [-0.1, -0.05) is 0 Å². The zero-order valence-electron chi connectivity index (χ0n) is 8.37. The first-order valence-corrected chi connectivity index (χ1v) is 5.92. The quantitative estimate of drug-likeness (QED) is 0.427. The molecular weight excluding hydrogens is 225 g/mol. The van der Waals surface area contributed by atoms with Crippen molar-refractivity contribution in [3.63, 3.8) is 0 Å². The van der Waals surface area contributed by atoms with Crippen LogP contribution < -0.4 is 0 Å². The molecule has 7 nitrogen and oxygen atoms in total. The minimum absolute atomic E-state index is 0.0420. The molecule has 0 spiro atoms. The van der Waals surface area contributed by atoms with Crippen LogP contribution in [-0.2, 0) is 23.2 Å². The number of rotatable bonds is 4. The predicted molar refractivity (Wildman–Crippen MR) is 48.2 cm³/mol. The third-order valence-corrected chi connectivity index (χ3v) is 4.22. The lowest BCUT2D eigenvalue weighted by molar-refractivity contribution is -0.172. The van der Waals surface area contributed by atoms with Gasteiger partial charge in [0.25, 0.3) is 11.8 Å². The van der Waals surface area contributed by atoms with Crippen LogP contribution in [0.1, 0.15) is 6.42 Å². The lowest BCUT2D eigenvalue weighted by Gasteiger charge is -2.15. The lowest BCUT2D eigenvalue weighted by Crippen LogP contribution is -2.27. The van der Waals surface area contributed by atoms with Crippen LogP contribution in [0.5, 0.6) is 0 Å². The highest BCUT2D eigenvalue weighted by Gasteiger charge is 2.42. The van der Waals surface area contributed by atoms with Crippen molar-refractivity contribution in [3.05, 3.63) is 0 Å². The topological polar surface area (TPSA) is 93.1 Å². The van der Waals surface area contributed by atoms with E-state index >= 15 is 0 Å². The van der Waals surface area contributed by atoms with Gasteiger partial charge in [-0.05, 0) is 0 Å². The molecule has 2 amide bonds. The van der Waals surface area contributed by atoms with E-state index in [0.717, 1.165) is 0 Å². The summed E-state index contributed by atoms with van der Waals surface area (Å²) in [4.78, 5) is 22.2. The second-order valence-corrected chi connectivity index (χ2v) is 5.42. The SMILES string of the molecule is COP(=O)(CC1CC(=O)N(O)C1=O)OC. The van der Waals surface area contributed by atoms with Gasteiger partial charge < -0.3 is 9.05 Å². The van der Waals surface area contributed by atoms with E-state index in [4.69, 9.17) is 5.21 Å². The van der Waals surface area contributed by atoms with Crippen molar-refractivity contribution in [2.45, 2.75) is 6.42 Å². The van der Waals surface area contributed by atoms with Crippen LogP contribution >= 0.6 is 7.60 Å². The summed E-state index contributed by atoms with van der Waals surface area (Å²) in [5.41, 5.74) is 0. The molecule has 15 heavy (non-hydrogen) atoms. The summed E-state index contributed by atoms with van der Waals surface area (Å²) < 4.78 is 20.9. The maximum Gasteiger partial charge on any atom is 0.330 e. The third kappa shape index (κ3) is 2.43. The highest BCUT2D eigenvalue weighted by Crippen LogP contribution is 2.49. The molecule has 0 aromatic heterocycles. The number of hydrogen-bond donors (Lipinski definition) is 1. The smallest absolute Gasteiger partial charge is 0.312 e. The molecule has 0 radical (unpaired) electrons. The monoisotopic (exact) mass is 237 g/mol. The average molecular weight is 237 g/mol. The Bertz CT molecular complexity index is 321. The third-order valence-electron chi connectivity index (χ3n) is 2.22. The van der Waals surface area contributed by atoms with Gasteiger partial charge in [0.2, 0.25) is 0 Å². The van der Waals surface area contributed by atoms with Crippen LogP contribution in [0.15, 0.2) is 0 Å². The maximum absolute atomic E-state index is 11.7. The Hall–Kier alpha value is -0.750. The van der Waals surface area contributed by atoms with E-state index in [1.807, 2.05) is 0 Å². The first-order valence-electron chi connectivity index (χ1n) is 4.19. The van der Waals surface area contributed by atoms with Gasteiger partial charge in [0.15, 0.2) is 0 Å². The summed E-state index contributed by atoms with van der Waals surface area (Å²) in [6.45, 7) is 0. The van der Waals surface area contributed by atoms with Crippen LogP contribution in [0.25, 0.3) is 0 Å². The highest BCUT2D eigenvalue weighted by molar-refractivity contribution is 7.53. The number of hydroxylamine groups is 2. The molecular formula is C7H12NO6P. The van der Waals surface area contributed by atoms with E-state index < -0.39 is 25.3 Å². The van der Waals surface area contributed by atoms with Gasteiger partial charge in [0.1, 0.15) is 0 Å². The number of hydrogen-bond acceptors (Lipinski definition) is 6. The summed E-state index contributed by atoms with van der Waals surface area (Å²) in [5, 5.41) is 8.98. The van der Waals surface area contributed by atoms with Crippen LogP contribution in [-0.4, -0.2) is 42.5 Å². The van der Waals surface area contributed by atoms with Crippen LogP contribution in [0.2, 0.25) is 0 Å². The van der Waals surface area contributed by atoms with E-state index in [2.05, 4.69) is 9.05 Å². The van der Waals surface area contributed by atoms with Crippen molar-refractivity contribution in [3.8, 4) is 0 Å². The molecule has 1 atom stereocenters. The molecule has 0 aromatic carbocycles. The van der Waals surface area contributed by atoms with Crippen molar-refractivity contribution in [1.29, 1.82) is 0 Å². The number of carbonyl (C=O) groups is 2. The molecule has 8 heteroatoms. The molecule has 1 aliphatic rings. The zero-order chi connectivity index (χ0) is 11.6. The van der Waals surface area contributed by atoms with Crippen LogP contribution in [0, 0.1) is 5.92 Å². The first-order chi connectivity index (χ1) is 6.93. The Morgan fingerprint density at radius 2 is 2.00 bits per heavy atom. The fourth-order valence-electron chi connectivity index (χ4n) is 1.32. The molecule has 0 aliphatic carbocycles. The average Bonchev–Trinajstić information content (AvgIpc) is 2.46. The van der Waals surface area contributed by atoms with Crippen molar-refractivity contribution in [1.82, 2.24) is 5.06 Å². The fourth-order valence-corrected chi connectivity index (χ4v) is 2.59. The van der Waals surface area contributed by atoms with E-state index in [1.54, 1.807) is 0 Å². The predicted octanol–water partition coefficient (Wildman–Crippen LogP) is 0.237. The number of nitrogens with zero attached hydrogens (tertiary/aromatic N) is 1. The van der Waals surface area contributed by atoms with Crippen molar-refractivity contribution in [2.24, 2.45) is 5.92 Å². The minimum Gasteiger partial charge on any atom is -0.312 e. The van der Waals surface area contributed by atoms with Gasteiger partial charge in [-0.3, -0.25) is 19.4 Å². The van der Waals surface area contributed by atoms with Gasteiger partial charge in [0, 0.05) is 20.6 Å². The largest absolute Gasteiger partial charge is 0.330 e. The Morgan fingerprint density at radius 1 is 1.47 bits per heavy atom. The van der Waals surface area contributed by atoms with Gasteiger partial charge in [-0.15, -0.1) is 0 Å². The van der Waals surface area contributed by atoms with Crippen LogP contribution in [0.4, 0.5) is 0 Å². The standard InChI is InChI=1S/C7H12NO6P/c1-13-15(12,14-2)4-5-3-6(9)8(11)7(5)10/h5,11H,3-4H2,1-2H3. The first kappa shape index (κ1) is 12.3. The Labute approximate surface area is 86.4 Å². The molecule has 1 saturated heterocycles. The second-order valence-electron chi connectivity index (χ2n) is 3.10. The molecule has 1 rings (SSSR count). The second kappa shape index (κ2) is 4.40. The molecule has 0 saturated carbocycles. The Balaban J connectivity index is 2.72. The zero-order valence-corrected chi connectivity index (χ0v) is 9.27. The molecule has 1 aliphatic heterocycles. The van der Waals surface area contributed by atoms with Gasteiger partial charge in [0.05, 0.1) is 12.1 Å². The summed E-state index contributed by atoms with van der Waals surface area (Å²) in [7, 11) is -0.938. The van der Waals surface area contributed by atoms with Crippen molar-refractivity contribution < 1.29 is 28.4 Å². The lowest BCUT2D eigenvalue weighted by atomic mass is 10.1. The van der Waals surface area contributed by atoms with Gasteiger partial charge in [-0.2, -0.15) is 5.06 Å². The summed E-state index contributed by atoms with van der Waals surface area (Å²) in [6, 6.07) is 0. The summed E-state index contributed by atoms with van der Waals surface area (Å²) >= 11 is 0. The van der Waals surface area contributed by atoms with Crippen molar-refractivity contribution >= 4 is 19.4 Å². The molecule has 1 heterocycles. The maximum atomic E-state index is 11.7. The minimum atomic E-state index is -3.33. The molecule has 0 bridgehead atoms. The van der Waals surface area contributed by atoms with E-state index in [-0.39, 0.29) is 17.6 Å². The number of imide groups is 1. The van der Waals surface area contributed by atoms with E-state index in [1.165, 1.54) is 14.2 Å². The van der Waals surface area contributed by atoms with Crippen molar-refractivity contribution in [2.75, 3.05) is 20.4 Å². The number of amides is 2. The fraction of sp³-hybridized carbons (Fsp3) is 0.714. The Kier molecular flexibility index (Phi) is 3.62. The van der Waals surface area contributed by atoms with E-state index in [0.29, 0.717) is 0 Å². The molecule has 0 aromatic rings. The molecule has 86 valence electrons. The normalized spacial score (nSPS) is 22.6. The Morgan fingerprint density at radius 3 is 2.33 bits per heavy atom. The highest BCUT2D eigenvalue weighted by atomic mass is 31.2. The summed E-state index contributed by atoms with van der Waals surface area (Å²) in [5.74, 6) is -2.31. The van der Waals surface area contributed by atoms with Crippen LogP contribution in [0.3, 0.4) is 0 Å². The molecule has 1 N–H and O–H groups in total. The van der Waals surface area contributed by atoms with Gasteiger partial charge in [-0.25, -0.2) is 0 Å². The summed E-state index contributed by atoms with van der Waals surface area (Å²) in [6.07, 6.45) is -0.381. The van der Waals surface area contributed by atoms with Gasteiger partial charge >= 0.3 is 7.60 Å². The molecule has 1 unspecified atom stereocenters. The number of carbonyl (C=O) groups excluding carboxylic acids is 2. The molecule has 1 fully saturated rings. The van der Waals surface area contributed by atoms with E-state index in [9.17, 15) is 14.2 Å².